The van der Waals surface area contributed by atoms with E-state index in [1.165, 1.54) is 17.6 Å². The van der Waals surface area contributed by atoms with Crippen LogP contribution in [0.2, 0.25) is 0 Å². The van der Waals surface area contributed by atoms with Crippen LogP contribution in [0.4, 0.5) is 4.79 Å². The van der Waals surface area contributed by atoms with Crippen molar-refractivity contribution in [2.45, 2.75) is 57.8 Å². The van der Waals surface area contributed by atoms with Crippen LogP contribution >= 0.6 is 0 Å². The van der Waals surface area contributed by atoms with E-state index >= 15 is 0 Å². The maximum absolute atomic E-state index is 12.5. The zero-order valence-corrected chi connectivity index (χ0v) is 16.4. The van der Waals surface area contributed by atoms with Gasteiger partial charge >= 0.3 is 12.1 Å². The largest absolute Gasteiger partial charge is 0.467 e. The molecule has 0 spiro atoms. The third-order valence-corrected chi connectivity index (χ3v) is 4.57. The maximum atomic E-state index is 12.5. The third-order valence-electron chi connectivity index (χ3n) is 4.57. The van der Waals surface area contributed by atoms with Crippen molar-refractivity contribution in [3.8, 4) is 0 Å². The first kappa shape index (κ1) is 20.2. The number of carbonyl (C=O) groups is 2. The van der Waals surface area contributed by atoms with Crippen molar-refractivity contribution in [2.75, 3.05) is 20.7 Å². The molecule has 1 aromatic rings. The van der Waals surface area contributed by atoms with E-state index in [1.807, 2.05) is 39.0 Å². The number of carbonyl (C=O) groups excluding carboxylic acids is 2. The van der Waals surface area contributed by atoms with Gasteiger partial charge in [0.1, 0.15) is 11.6 Å². The predicted molar refractivity (Wildman–Crippen MR) is 99.7 cm³/mol. The molecule has 1 fully saturated rings. The molecule has 6 nitrogen and oxygen atoms in total. The van der Waals surface area contributed by atoms with E-state index in [-0.39, 0.29) is 6.04 Å². The normalized spacial score (nSPS) is 20.8. The van der Waals surface area contributed by atoms with Gasteiger partial charge in [-0.2, -0.15) is 0 Å². The molecule has 0 bridgehead atoms. The van der Waals surface area contributed by atoms with E-state index in [2.05, 4.69) is 24.1 Å². The average Bonchev–Trinajstić information content (AvgIpc) is 2.59. The van der Waals surface area contributed by atoms with E-state index in [1.54, 1.807) is 0 Å². The first-order chi connectivity index (χ1) is 12.2. The average molecular weight is 362 g/mol. The molecule has 1 heterocycles. The molecule has 2 rings (SSSR count). The number of methoxy groups -OCH3 is 1. The fraction of sp³-hybridized carbons (Fsp3) is 0.600. The second kappa shape index (κ2) is 8.54. The molecule has 0 saturated carbocycles. The fourth-order valence-electron chi connectivity index (χ4n) is 3.25. The Kier molecular flexibility index (Phi) is 6.64. The zero-order chi connectivity index (χ0) is 19.3. The lowest BCUT2D eigenvalue weighted by molar-refractivity contribution is -0.149. The lowest BCUT2D eigenvalue weighted by atomic mass is 9.96. The van der Waals surface area contributed by atoms with Gasteiger partial charge < -0.3 is 9.47 Å². The Morgan fingerprint density at radius 1 is 1.23 bits per heavy atom. The molecule has 2 atom stereocenters. The van der Waals surface area contributed by atoms with Crippen LogP contribution in [-0.2, 0) is 20.8 Å². The number of hydrogen-bond acceptors (Lipinski definition) is 5. The van der Waals surface area contributed by atoms with Crippen molar-refractivity contribution in [1.29, 1.82) is 0 Å². The van der Waals surface area contributed by atoms with Crippen LogP contribution in [0, 0.1) is 0 Å². The molecule has 1 aromatic carbocycles. The summed E-state index contributed by atoms with van der Waals surface area (Å²) in [5.41, 5.74) is 0.623. The second-order valence-corrected chi connectivity index (χ2v) is 7.79. The minimum Gasteiger partial charge on any atom is -0.467 e. The Balaban J connectivity index is 2.06. The molecule has 0 radical (unpaired) electrons. The Labute approximate surface area is 156 Å². The highest BCUT2D eigenvalue weighted by molar-refractivity contribution is 5.81. The number of rotatable bonds is 4. The van der Waals surface area contributed by atoms with Crippen LogP contribution in [0.3, 0.4) is 0 Å². The van der Waals surface area contributed by atoms with Gasteiger partial charge in [-0.25, -0.2) is 9.59 Å². The van der Waals surface area contributed by atoms with Crippen molar-refractivity contribution in [2.24, 2.45) is 0 Å². The quantitative estimate of drug-likeness (QED) is 0.771. The molecule has 1 saturated heterocycles. The summed E-state index contributed by atoms with van der Waals surface area (Å²) in [6.07, 6.45) is 0.864. The summed E-state index contributed by atoms with van der Waals surface area (Å²) >= 11 is 0. The summed E-state index contributed by atoms with van der Waals surface area (Å²) in [4.78, 5) is 28.5. The highest BCUT2D eigenvalue weighted by atomic mass is 16.6. The van der Waals surface area contributed by atoms with Gasteiger partial charge in [-0.3, -0.25) is 9.80 Å². The Morgan fingerprint density at radius 2 is 1.88 bits per heavy atom. The number of benzene rings is 1. The van der Waals surface area contributed by atoms with Gasteiger partial charge in [-0.05, 0) is 46.2 Å². The van der Waals surface area contributed by atoms with Crippen LogP contribution in [0.15, 0.2) is 30.3 Å². The summed E-state index contributed by atoms with van der Waals surface area (Å²) in [6.45, 7) is 6.72. The molecule has 144 valence electrons. The third kappa shape index (κ3) is 5.46. The number of hydrogen-bond donors (Lipinski definition) is 0. The maximum Gasteiger partial charge on any atom is 0.411 e. The molecule has 1 aliphatic heterocycles. The summed E-state index contributed by atoms with van der Waals surface area (Å²) in [6, 6.07) is 9.78. The molecule has 0 N–H and O–H groups in total. The monoisotopic (exact) mass is 362 g/mol. The van der Waals surface area contributed by atoms with E-state index in [0.717, 1.165) is 13.0 Å². The molecule has 0 aliphatic carbocycles. The topological polar surface area (TPSA) is 59.1 Å². The number of nitrogens with zero attached hydrogens (tertiary/aromatic N) is 2. The summed E-state index contributed by atoms with van der Waals surface area (Å²) < 4.78 is 10.4. The summed E-state index contributed by atoms with van der Waals surface area (Å²) in [5, 5.41) is 0. The van der Waals surface area contributed by atoms with E-state index in [0.29, 0.717) is 13.0 Å². The number of ether oxygens (including phenoxy) is 2. The molecular weight excluding hydrogens is 332 g/mol. The number of esters is 1. The van der Waals surface area contributed by atoms with Crippen LogP contribution in [0.25, 0.3) is 0 Å². The number of piperidine rings is 1. The van der Waals surface area contributed by atoms with Crippen molar-refractivity contribution < 1.29 is 19.1 Å². The van der Waals surface area contributed by atoms with Gasteiger partial charge in [0.05, 0.1) is 7.11 Å². The standard InChI is InChI=1S/C20H30N2O4/c1-20(2,3)26-19(24)22-12-11-16(13-17(22)18(23)25-5)21(4)14-15-9-7-6-8-10-15/h6-10,16-17H,11-14H2,1-5H3/t16-,17+/m0/s1. The molecule has 1 aliphatic rings. The number of amides is 1. The van der Waals surface area contributed by atoms with Crippen LogP contribution in [0.5, 0.6) is 0 Å². The van der Waals surface area contributed by atoms with Gasteiger partial charge in [0.25, 0.3) is 0 Å². The smallest absolute Gasteiger partial charge is 0.411 e. The zero-order valence-electron chi connectivity index (χ0n) is 16.4. The van der Waals surface area contributed by atoms with Crippen LogP contribution < -0.4 is 0 Å². The summed E-state index contributed by atoms with van der Waals surface area (Å²) in [5.74, 6) is -0.395. The molecule has 0 aromatic heterocycles. The van der Waals surface area contributed by atoms with Gasteiger partial charge in [0.2, 0.25) is 0 Å². The predicted octanol–water partition coefficient (Wildman–Crippen LogP) is 3.06. The van der Waals surface area contributed by atoms with Crippen molar-refractivity contribution >= 4 is 12.1 Å². The second-order valence-electron chi connectivity index (χ2n) is 7.79. The Morgan fingerprint density at radius 3 is 2.46 bits per heavy atom. The van der Waals surface area contributed by atoms with E-state index in [9.17, 15) is 9.59 Å². The van der Waals surface area contributed by atoms with E-state index in [4.69, 9.17) is 9.47 Å². The van der Waals surface area contributed by atoms with Crippen molar-refractivity contribution in [1.82, 2.24) is 9.80 Å². The van der Waals surface area contributed by atoms with Gasteiger partial charge in [0.15, 0.2) is 0 Å². The Bertz CT molecular complexity index is 612. The number of likely N-dealkylation sites (tertiary alicyclic amines) is 1. The molecule has 0 unspecified atom stereocenters. The van der Waals surface area contributed by atoms with Gasteiger partial charge in [0, 0.05) is 19.1 Å². The van der Waals surface area contributed by atoms with Crippen molar-refractivity contribution in [3.63, 3.8) is 0 Å². The summed E-state index contributed by atoms with van der Waals surface area (Å²) in [7, 11) is 3.40. The first-order valence-electron chi connectivity index (χ1n) is 9.03. The molecule has 26 heavy (non-hydrogen) atoms. The molecule has 6 heteroatoms. The fourth-order valence-corrected chi connectivity index (χ4v) is 3.25. The molecular formula is C20H30N2O4. The van der Waals surface area contributed by atoms with Crippen molar-refractivity contribution in [3.05, 3.63) is 35.9 Å². The van der Waals surface area contributed by atoms with Crippen LogP contribution in [0.1, 0.15) is 39.2 Å². The lowest BCUT2D eigenvalue weighted by Gasteiger charge is -2.41. The first-order valence-corrected chi connectivity index (χ1v) is 9.03. The highest BCUT2D eigenvalue weighted by Crippen LogP contribution is 2.25. The minimum atomic E-state index is -0.619. The van der Waals surface area contributed by atoms with Gasteiger partial charge in [-0.15, -0.1) is 0 Å². The molecule has 1 amide bonds. The highest BCUT2D eigenvalue weighted by Gasteiger charge is 2.39. The minimum absolute atomic E-state index is 0.193. The van der Waals surface area contributed by atoms with E-state index < -0.39 is 23.7 Å². The SMILES string of the molecule is COC(=O)[C@H]1C[C@@H](N(C)Cc2ccccc2)CCN1C(=O)OC(C)(C)C. The van der Waals surface area contributed by atoms with Crippen LogP contribution in [-0.4, -0.2) is 60.2 Å². The lowest BCUT2D eigenvalue weighted by Crippen LogP contribution is -2.55. The van der Waals surface area contributed by atoms with Gasteiger partial charge in [-0.1, -0.05) is 30.3 Å². The Hall–Kier alpha value is -2.08.